The highest BCUT2D eigenvalue weighted by atomic mass is 16.5. The Balaban J connectivity index is 1.22. The third kappa shape index (κ3) is 5.70. The second-order valence-electron chi connectivity index (χ2n) is 7.79. The van der Waals surface area contributed by atoms with Gasteiger partial charge in [0.2, 0.25) is 0 Å². The second kappa shape index (κ2) is 10.2. The summed E-state index contributed by atoms with van der Waals surface area (Å²) in [5.41, 5.74) is 1.65. The molecule has 1 saturated heterocycles. The SMILES string of the molecule is CCn1ccnc1CN1CCC(Oc2ccc(C(=O)NCc3ccncc3)cc2)CC1. The molecule has 0 unspecified atom stereocenters. The highest BCUT2D eigenvalue weighted by molar-refractivity contribution is 5.94. The van der Waals surface area contributed by atoms with Crippen LogP contribution in [0.3, 0.4) is 0 Å². The Morgan fingerprint density at radius 3 is 2.55 bits per heavy atom. The van der Waals surface area contributed by atoms with Crippen LogP contribution in [0.15, 0.2) is 61.2 Å². The van der Waals surface area contributed by atoms with E-state index in [0.717, 1.165) is 56.2 Å². The number of imidazole rings is 1. The summed E-state index contributed by atoms with van der Waals surface area (Å²) in [7, 11) is 0. The van der Waals surface area contributed by atoms with E-state index in [4.69, 9.17) is 4.74 Å². The van der Waals surface area contributed by atoms with Crippen molar-refractivity contribution in [1.82, 2.24) is 24.8 Å². The fourth-order valence-corrected chi connectivity index (χ4v) is 3.83. The van der Waals surface area contributed by atoms with E-state index >= 15 is 0 Å². The van der Waals surface area contributed by atoms with Gasteiger partial charge in [-0.3, -0.25) is 14.7 Å². The first-order valence-corrected chi connectivity index (χ1v) is 10.9. The van der Waals surface area contributed by atoms with Crippen LogP contribution in [0.5, 0.6) is 5.75 Å². The summed E-state index contributed by atoms with van der Waals surface area (Å²) >= 11 is 0. The molecule has 4 rings (SSSR count). The van der Waals surface area contributed by atoms with Crippen molar-refractivity contribution in [2.45, 2.75) is 45.5 Å². The fraction of sp³-hybridized carbons (Fsp3) is 0.375. The molecule has 1 aliphatic heterocycles. The van der Waals surface area contributed by atoms with Gasteiger partial charge in [-0.05, 0) is 61.7 Å². The highest BCUT2D eigenvalue weighted by Gasteiger charge is 2.21. The van der Waals surface area contributed by atoms with Crippen molar-refractivity contribution in [3.63, 3.8) is 0 Å². The zero-order chi connectivity index (χ0) is 21.5. The number of aromatic nitrogens is 3. The number of hydrogen-bond acceptors (Lipinski definition) is 5. The van der Waals surface area contributed by atoms with E-state index < -0.39 is 0 Å². The number of aryl methyl sites for hydroxylation is 1. The predicted octanol–water partition coefficient (Wildman–Crippen LogP) is 3.27. The summed E-state index contributed by atoms with van der Waals surface area (Å²) in [6, 6.07) is 11.2. The fourth-order valence-electron chi connectivity index (χ4n) is 3.83. The molecule has 31 heavy (non-hydrogen) atoms. The normalized spacial score (nSPS) is 15.0. The van der Waals surface area contributed by atoms with Gasteiger partial charge in [-0.2, -0.15) is 0 Å². The molecule has 3 aromatic rings. The molecular weight excluding hydrogens is 390 g/mol. The summed E-state index contributed by atoms with van der Waals surface area (Å²) in [5, 5.41) is 2.93. The van der Waals surface area contributed by atoms with Crippen LogP contribution in [-0.2, 0) is 19.6 Å². The number of benzene rings is 1. The molecule has 1 aliphatic rings. The molecule has 0 aliphatic carbocycles. The van der Waals surface area contributed by atoms with E-state index in [2.05, 4.69) is 31.7 Å². The number of likely N-dealkylation sites (tertiary alicyclic amines) is 1. The van der Waals surface area contributed by atoms with Crippen LogP contribution in [0, 0.1) is 0 Å². The van der Waals surface area contributed by atoms with E-state index in [9.17, 15) is 4.79 Å². The molecule has 1 amide bonds. The number of rotatable bonds is 8. The summed E-state index contributed by atoms with van der Waals surface area (Å²) in [4.78, 5) is 23.2. The monoisotopic (exact) mass is 419 g/mol. The topological polar surface area (TPSA) is 72.3 Å². The zero-order valence-corrected chi connectivity index (χ0v) is 17.9. The lowest BCUT2D eigenvalue weighted by molar-refractivity contribution is 0.0942. The van der Waals surface area contributed by atoms with Crippen LogP contribution in [0.2, 0.25) is 0 Å². The van der Waals surface area contributed by atoms with Crippen molar-refractivity contribution in [2.75, 3.05) is 13.1 Å². The molecule has 7 heteroatoms. The van der Waals surface area contributed by atoms with Gasteiger partial charge in [0.05, 0.1) is 6.54 Å². The number of amides is 1. The molecule has 2 aromatic heterocycles. The van der Waals surface area contributed by atoms with E-state index in [0.29, 0.717) is 12.1 Å². The van der Waals surface area contributed by atoms with Gasteiger partial charge < -0.3 is 14.6 Å². The third-order valence-corrected chi connectivity index (χ3v) is 5.66. The van der Waals surface area contributed by atoms with Crippen LogP contribution >= 0.6 is 0 Å². The number of nitrogens with one attached hydrogen (secondary N) is 1. The third-order valence-electron chi connectivity index (χ3n) is 5.66. The van der Waals surface area contributed by atoms with Crippen LogP contribution in [0.1, 0.15) is 41.5 Å². The summed E-state index contributed by atoms with van der Waals surface area (Å²) in [5.74, 6) is 1.84. The number of carbonyl (C=O) groups is 1. The minimum Gasteiger partial charge on any atom is -0.490 e. The lowest BCUT2D eigenvalue weighted by Gasteiger charge is -2.32. The lowest BCUT2D eigenvalue weighted by Crippen LogP contribution is -2.38. The number of hydrogen-bond donors (Lipinski definition) is 1. The Hall–Kier alpha value is -3.19. The Bertz CT molecular complexity index is 963. The molecule has 0 saturated carbocycles. The minimum absolute atomic E-state index is 0.0953. The first kappa shape index (κ1) is 21.1. The van der Waals surface area contributed by atoms with Crippen LogP contribution < -0.4 is 10.1 Å². The Morgan fingerprint density at radius 2 is 1.84 bits per heavy atom. The summed E-state index contributed by atoms with van der Waals surface area (Å²) in [6.45, 7) is 6.45. The molecular formula is C24H29N5O2. The van der Waals surface area contributed by atoms with Crippen LogP contribution in [0.4, 0.5) is 0 Å². The Labute approximate surface area is 183 Å². The van der Waals surface area contributed by atoms with Gasteiger partial charge in [0.25, 0.3) is 5.91 Å². The summed E-state index contributed by atoms with van der Waals surface area (Å²) < 4.78 is 8.35. The Morgan fingerprint density at radius 1 is 1.10 bits per heavy atom. The van der Waals surface area contributed by atoms with Crippen molar-refractivity contribution in [3.8, 4) is 5.75 Å². The number of piperidine rings is 1. The van der Waals surface area contributed by atoms with Crippen molar-refractivity contribution in [2.24, 2.45) is 0 Å². The van der Waals surface area contributed by atoms with Crippen LogP contribution in [-0.4, -0.2) is 44.5 Å². The van der Waals surface area contributed by atoms with Gasteiger partial charge in [0, 0.05) is 56.5 Å². The maximum atomic E-state index is 12.4. The van der Waals surface area contributed by atoms with E-state index in [1.165, 1.54) is 0 Å². The molecule has 0 radical (unpaired) electrons. The molecule has 0 atom stereocenters. The van der Waals surface area contributed by atoms with E-state index in [1.807, 2.05) is 48.8 Å². The molecule has 162 valence electrons. The van der Waals surface area contributed by atoms with Gasteiger partial charge in [-0.1, -0.05) is 0 Å². The number of pyridine rings is 1. The number of ether oxygens (including phenoxy) is 1. The van der Waals surface area contributed by atoms with Crippen molar-refractivity contribution in [1.29, 1.82) is 0 Å². The highest BCUT2D eigenvalue weighted by Crippen LogP contribution is 2.20. The van der Waals surface area contributed by atoms with E-state index in [1.54, 1.807) is 12.4 Å². The van der Waals surface area contributed by atoms with Gasteiger partial charge in [-0.25, -0.2) is 4.98 Å². The zero-order valence-electron chi connectivity index (χ0n) is 17.9. The van der Waals surface area contributed by atoms with Crippen molar-refractivity contribution < 1.29 is 9.53 Å². The Kier molecular flexibility index (Phi) is 6.94. The van der Waals surface area contributed by atoms with Gasteiger partial charge in [0.1, 0.15) is 17.7 Å². The van der Waals surface area contributed by atoms with Gasteiger partial charge in [0.15, 0.2) is 0 Å². The smallest absolute Gasteiger partial charge is 0.251 e. The number of nitrogens with zero attached hydrogens (tertiary/aromatic N) is 4. The quantitative estimate of drug-likeness (QED) is 0.607. The molecule has 3 heterocycles. The maximum Gasteiger partial charge on any atom is 0.251 e. The maximum absolute atomic E-state index is 12.4. The predicted molar refractivity (Wildman–Crippen MR) is 119 cm³/mol. The second-order valence-corrected chi connectivity index (χ2v) is 7.79. The largest absolute Gasteiger partial charge is 0.490 e. The molecule has 1 fully saturated rings. The standard InChI is InChI=1S/C24H29N5O2/c1-2-29-16-13-26-23(29)18-28-14-9-22(10-15-28)31-21-5-3-20(4-6-21)24(30)27-17-19-7-11-25-12-8-19/h3-8,11-13,16,22H,2,9-10,14-15,17-18H2,1H3,(H,27,30). The number of carbonyl (C=O) groups excluding carboxylic acids is 1. The average Bonchev–Trinajstić information content (AvgIpc) is 3.27. The molecule has 7 nitrogen and oxygen atoms in total. The molecule has 0 bridgehead atoms. The first-order chi connectivity index (χ1) is 15.2. The van der Waals surface area contributed by atoms with Crippen molar-refractivity contribution >= 4 is 5.91 Å². The minimum atomic E-state index is -0.0953. The van der Waals surface area contributed by atoms with Crippen LogP contribution in [0.25, 0.3) is 0 Å². The van der Waals surface area contributed by atoms with E-state index in [-0.39, 0.29) is 12.0 Å². The molecule has 1 N–H and O–H groups in total. The lowest BCUT2D eigenvalue weighted by atomic mass is 10.1. The van der Waals surface area contributed by atoms with Crippen molar-refractivity contribution in [3.05, 3.63) is 78.1 Å². The average molecular weight is 420 g/mol. The first-order valence-electron chi connectivity index (χ1n) is 10.9. The van der Waals surface area contributed by atoms with Gasteiger partial charge >= 0.3 is 0 Å². The van der Waals surface area contributed by atoms with Gasteiger partial charge in [-0.15, -0.1) is 0 Å². The summed E-state index contributed by atoms with van der Waals surface area (Å²) in [6.07, 6.45) is 9.53. The molecule has 0 spiro atoms. The molecule has 1 aromatic carbocycles.